The van der Waals surface area contributed by atoms with Crippen LogP contribution in [0.15, 0.2) is 137 Å². The summed E-state index contributed by atoms with van der Waals surface area (Å²) >= 11 is 0. The van der Waals surface area contributed by atoms with E-state index in [1.165, 1.54) is 0 Å². The number of methoxy groups -OCH3 is 1. The highest BCUT2D eigenvalue weighted by atomic mass is 32.2. The van der Waals surface area contributed by atoms with Crippen LogP contribution in [0.1, 0.15) is 52.7 Å². The van der Waals surface area contributed by atoms with Crippen molar-refractivity contribution in [3.8, 4) is 5.75 Å². The molecule has 0 aliphatic rings. The highest BCUT2D eigenvalue weighted by Crippen LogP contribution is 2.34. The van der Waals surface area contributed by atoms with Gasteiger partial charge in [-0.1, -0.05) is 88.0 Å². The van der Waals surface area contributed by atoms with Gasteiger partial charge in [0.25, 0.3) is 0 Å². The fraction of sp³-hybridized carbons (Fsp3) is 0.257. The third-order valence-electron chi connectivity index (χ3n) is 6.02. The SMILES string of the molecule is C=C\C=C/C(=C\C=C(/C)Oc1ccccc1)OC.CC(C)(C)c1ccc(C(C)(C)N)c(S(=O)(=O)c2ccccc2)c1. The minimum absolute atomic E-state index is 0.141. The lowest BCUT2D eigenvalue weighted by atomic mass is 9.85. The van der Waals surface area contributed by atoms with E-state index in [4.69, 9.17) is 15.2 Å². The molecule has 41 heavy (non-hydrogen) atoms. The Morgan fingerprint density at radius 3 is 1.98 bits per heavy atom. The molecule has 5 nitrogen and oxygen atoms in total. The molecule has 3 aromatic carbocycles. The second kappa shape index (κ2) is 14.7. The lowest BCUT2D eigenvalue weighted by Crippen LogP contribution is -2.31. The van der Waals surface area contributed by atoms with E-state index < -0.39 is 15.4 Å². The Morgan fingerprint density at radius 1 is 0.878 bits per heavy atom. The number of nitrogens with two attached hydrogens (primary N) is 1. The van der Waals surface area contributed by atoms with Gasteiger partial charge in [-0.05, 0) is 85.9 Å². The van der Waals surface area contributed by atoms with Crippen molar-refractivity contribution in [3.05, 3.63) is 138 Å². The monoisotopic (exact) mass is 573 g/mol. The van der Waals surface area contributed by atoms with Crippen molar-refractivity contribution in [1.29, 1.82) is 0 Å². The van der Waals surface area contributed by atoms with Crippen LogP contribution in [0.25, 0.3) is 0 Å². The van der Waals surface area contributed by atoms with Crippen molar-refractivity contribution in [3.63, 3.8) is 0 Å². The van der Waals surface area contributed by atoms with Gasteiger partial charge in [0.1, 0.15) is 17.3 Å². The van der Waals surface area contributed by atoms with E-state index in [1.54, 1.807) is 49.6 Å². The van der Waals surface area contributed by atoms with E-state index in [0.717, 1.165) is 22.8 Å². The van der Waals surface area contributed by atoms with E-state index in [9.17, 15) is 8.42 Å². The molecule has 0 saturated carbocycles. The van der Waals surface area contributed by atoms with Crippen molar-refractivity contribution in [2.75, 3.05) is 7.11 Å². The lowest BCUT2D eigenvalue weighted by molar-refractivity contribution is 0.306. The van der Waals surface area contributed by atoms with Crippen molar-refractivity contribution < 1.29 is 17.9 Å². The van der Waals surface area contributed by atoms with E-state index in [-0.39, 0.29) is 10.3 Å². The normalized spacial score (nSPS) is 12.9. The summed E-state index contributed by atoms with van der Waals surface area (Å²) in [7, 11) is -1.99. The molecule has 0 heterocycles. The highest BCUT2D eigenvalue weighted by molar-refractivity contribution is 7.91. The molecule has 0 aliphatic carbocycles. The number of hydrogen-bond acceptors (Lipinski definition) is 5. The third-order valence-corrected chi connectivity index (χ3v) is 7.83. The first-order valence-corrected chi connectivity index (χ1v) is 14.9. The first kappa shape index (κ1) is 33.3. The first-order chi connectivity index (χ1) is 19.2. The van der Waals surface area contributed by atoms with Gasteiger partial charge in [-0.2, -0.15) is 0 Å². The van der Waals surface area contributed by atoms with Crippen LogP contribution in [0.3, 0.4) is 0 Å². The van der Waals surface area contributed by atoms with Crippen LogP contribution in [0, 0.1) is 0 Å². The van der Waals surface area contributed by atoms with E-state index in [0.29, 0.717) is 10.5 Å². The van der Waals surface area contributed by atoms with Gasteiger partial charge >= 0.3 is 0 Å². The number of sulfone groups is 1. The molecule has 0 aromatic heterocycles. The molecule has 0 fully saturated rings. The van der Waals surface area contributed by atoms with Crippen LogP contribution in [0.5, 0.6) is 5.75 Å². The van der Waals surface area contributed by atoms with Crippen LogP contribution in [-0.2, 0) is 25.5 Å². The minimum Gasteiger partial charge on any atom is -0.497 e. The second-order valence-electron chi connectivity index (χ2n) is 11.1. The molecule has 6 heteroatoms. The Kier molecular flexibility index (Phi) is 11.9. The molecule has 3 rings (SSSR count). The molecule has 0 saturated heterocycles. The standard InChI is InChI=1S/C19H25NO2S.C16H18O2/c1-18(2,3)14-11-12-16(19(4,5)20)17(13-14)23(21,22)15-9-7-6-8-10-15;1-4-5-9-15(17-3)13-12-14(2)18-16-10-7-6-8-11-16/h6-13H,20H2,1-5H3;4-13H,1H2,2-3H3/b;9-5-,14-12+,15-13+. The smallest absolute Gasteiger partial charge is 0.206 e. The third kappa shape index (κ3) is 10.2. The summed E-state index contributed by atoms with van der Waals surface area (Å²) in [6.07, 6.45) is 9.05. The molecule has 218 valence electrons. The maximum atomic E-state index is 13.1. The van der Waals surface area contributed by atoms with Gasteiger partial charge in [-0.15, -0.1) is 0 Å². The zero-order chi connectivity index (χ0) is 30.7. The second-order valence-corrected chi connectivity index (χ2v) is 13.0. The molecule has 0 amide bonds. The largest absolute Gasteiger partial charge is 0.497 e. The Balaban J connectivity index is 0.000000296. The Hall–Kier alpha value is -3.87. The van der Waals surface area contributed by atoms with Crippen molar-refractivity contribution in [2.24, 2.45) is 5.73 Å². The quantitative estimate of drug-likeness (QED) is 0.206. The zero-order valence-electron chi connectivity index (χ0n) is 25.2. The average molecular weight is 574 g/mol. The van der Waals surface area contributed by atoms with Gasteiger partial charge in [0, 0.05) is 5.54 Å². The van der Waals surface area contributed by atoms with Crippen LogP contribution in [0.4, 0.5) is 0 Å². The maximum Gasteiger partial charge on any atom is 0.206 e. The van der Waals surface area contributed by atoms with Gasteiger partial charge < -0.3 is 15.2 Å². The number of para-hydroxylation sites is 1. The highest BCUT2D eigenvalue weighted by Gasteiger charge is 2.29. The number of allylic oxidation sites excluding steroid dienone is 6. The van der Waals surface area contributed by atoms with Crippen molar-refractivity contribution >= 4 is 9.84 Å². The fourth-order valence-electron chi connectivity index (χ4n) is 3.73. The topological polar surface area (TPSA) is 78.6 Å². The summed E-state index contributed by atoms with van der Waals surface area (Å²) in [6.45, 7) is 15.3. The molecular weight excluding hydrogens is 530 g/mol. The minimum atomic E-state index is -3.62. The Labute approximate surface area is 246 Å². The molecule has 0 aliphatic heterocycles. The van der Waals surface area contributed by atoms with Crippen molar-refractivity contribution in [1.82, 2.24) is 0 Å². The van der Waals surface area contributed by atoms with Crippen LogP contribution in [0.2, 0.25) is 0 Å². The maximum absolute atomic E-state index is 13.1. The molecular formula is C35H43NO4S. The molecule has 0 spiro atoms. The van der Waals surface area contributed by atoms with Crippen LogP contribution in [-0.4, -0.2) is 15.5 Å². The Morgan fingerprint density at radius 2 is 1.46 bits per heavy atom. The van der Waals surface area contributed by atoms with E-state index in [1.807, 2.05) is 87.5 Å². The van der Waals surface area contributed by atoms with Crippen LogP contribution < -0.4 is 10.5 Å². The molecule has 2 N–H and O–H groups in total. The summed E-state index contributed by atoms with van der Waals surface area (Å²) in [5, 5.41) is 0. The average Bonchev–Trinajstić information content (AvgIpc) is 2.93. The number of benzene rings is 3. The molecule has 0 radical (unpaired) electrons. The summed E-state index contributed by atoms with van der Waals surface area (Å²) in [4.78, 5) is 0.584. The molecule has 3 aromatic rings. The van der Waals surface area contributed by atoms with Gasteiger partial charge in [0.05, 0.1) is 16.9 Å². The van der Waals surface area contributed by atoms with Gasteiger partial charge in [0.2, 0.25) is 9.84 Å². The lowest BCUT2D eigenvalue weighted by Gasteiger charge is -2.26. The van der Waals surface area contributed by atoms with Gasteiger partial charge in [-0.3, -0.25) is 0 Å². The summed E-state index contributed by atoms with van der Waals surface area (Å²) < 4.78 is 37.1. The number of ether oxygens (including phenoxy) is 2. The van der Waals surface area contributed by atoms with Crippen LogP contribution >= 0.6 is 0 Å². The summed E-state index contributed by atoms with van der Waals surface area (Å²) in [5.74, 6) is 2.36. The molecule has 0 atom stereocenters. The van der Waals surface area contributed by atoms with Crippen molar-refractivity contribution in [2.45, 2.75) is 62.3 Å². The zero-order valence-corrected chi connectivity index (χ0v) is 26.0. The van der Waals surface area contributed by atoms with E-state index in [2.05, 4.69) is 27.4 Å². The number of rotatable bonds is 9. The predicted octanol–water partition coefficient (Wildman–Crippen LogP) is 8.25. The van der Waals surface area contributed by atoms with Gasteiger partial charge in [0.15, 0.2) is 0 Å². The summed E-state index contributed by atoms with van der Waals surface area (Å²) in [6, 6.07) is 23.7. The molecule has 0 bridgehead atoms. The Bertz CT molecular complexity index is 1470. The first-order valence-electron chi connectivity index (χ1n) is 13.4. The summed E-state index contributed by atoms with van der Waals surface area (Å²) in [5.41, 5.74) is 6.95. The molecule has 0 unspecified atom stereocenters. The van der Waals surface area contributed by atoms with Gasteiger partial charge in [-0.25, -0.2) is 8.42 Å². The number of hydrogen-bond donors (Lipinski definition) is 1. The predicted molar refractivity (Wildman–Crippen MR) is 170 cm³/mol. The fourth-order valence-corrected chi connectivity index (χ4v) is 5.40. The van der Waals surface area contributed by atoms with E-state index >= 15 is 0 Å².